The zero-order chi connectivity index (χ0) is 19.3. The molecule has 136 valence electrons. The summed E-state index contributed by atoms with van der Waals surface area (Å²) in [4.78, 5) is 27.8. The van der Waals surface area contributed by atoms with E-state index in [-0.39, 0.29) is 11.7 Å². The van der Waals surface area contributed by atoms with Crippen molar-refractivity contribution in [2.75, 3.05) is 12.0 Å². The van der Waals surface area contributed by atoms with Gasteiger partial charge >= 0.3 is 0 Å². The first-order valence-corrected chi connectivity index (χ1v) is 8.91. The third kappa shape index (κ3) is 2.60. The molecule has 0 N–H and O–H groups in total. The van der Waals surface area contributed by atoms with Crippen LogP contribution >= 0.6 is 0 Å². The second-order valence-corrected chi connectivity index (χ2v) is 7.48. The van der Waals surface area contributed by atoms with E-state index in [0.717, 1.165) is 22.4 Å². The highest BCUT2D eigenvalue weighted by atomic mass is 16.5. The lowest BCUT2D eigenvalue weighted by Crippen LogP contribution is -2.46. The van der Waals surface area contributed by atoms with Crippen LogP contribution in [0.1, 0.15) is 42.3 Å². The molecule has 0 aromatic heterocycles. The number of allylic oxidation sites excluding steroid dienone is 2. The number of anilines is 1. The molecule has 0 aliphatic carbocycles. The van der Waals surface area contributed by atoms with E-state index < -0.39 is 5.54 Å². The van der Waals surface area contributed by atoms with Gasteiger partial charge in [-0.2, -0.15) is 0 Å². The maximum absolute atomic E-state index is 13.3. The molecule has 2 heterocycles. The highest BCUT2D eigenvalue weighted by Gasteiger charge is 2.44. The normalized spacial score (nSPS) is 18.4. The van der Waals surface area contributed by atoms with Crippen molar-refractivity contribution >= 4 is 28.5 Å². The topological polar surface area (TPSA) is 46.6 Å². The third-order valence-corrected chi connectivity index (χ3v) is 5.17. The van der Waals surface area contributed by atoms with E-state index in [9.17, 15) is 9.59 Å². The van der Waals surface area contributed by atoms with Gasteiger partial charge in [0, 0.05) is 16.7 Å². The molecule has 0 spiro atoms. The first-order valence-electron chi connectivity index (χ1n) is 8.91. The Kier molecular flexibility index (Phi) is 3.81. The molecule has 4 rings (SSSR count). The average Bonchev–Trinajstić information content (AvgIpc) is 2.93. The summed E-state index contributed by atoms with van der Waals surface area (Å²) in [5.74, 6) is 0.333. The Balaban J connectivity index is 1.93. The molecular formula is C23H21NO3. The number of carbonyl (C=O) groups excluding carboxylic acids is 2. The van der Waals surface area contributed by atoms with Crippen molar-refractivity contribution in [3.63, 3.8) is 0 Å². The first-order chi connectivity index (χ1) is 12.8. The minimum Gasteiger partial charge on any atom is -0.497 e. The molecule has 2 aliphatic heterocycles. The van der Waals surface area contributed by atoms with Gasteiger partial charge in [-0.1, -0.05) is 36.4 Å². The summed E-state index contributed by atoms with van der Waals surface area (Å²) in [6.45, 7) is 6.05. The van der Waals surface area contributed by atoms with E-state index in [1.165, 1.54) is 6.08 Å². The standard InChI is InChI=1S/C23H21NO3/c1-14-13-23(2,3)24-21-17(14)10-16(27-4)11-18(21)19(22(24)26)12-20(25)15-8-6-5-7-9-15/h5-13H,1-4H3/b19-12+. The van der Waals surface area contributed by atoms with Crippen LogP contribution in [0.3, 0.4) is 0 Å². The number of hydrogen-bond acceptors (Lipinski definition) is 3. The maximum Gasteiger partial charge on any atom is 0.259 e. The van der Waals surface area contributed by atoms with Crippen molar-refractivity contribution in [2.45, 2.75) is 26.3 Å². The van der Waals surface area contributed by atoms with Crippen LogP contribution in [0.4, 0.5) is 5.69 Å². The molecule has 2 aromatic carbocycles. The first kappa shape index (κ1) is 17.3. The van der Waals surface area contributed by atoms with Crippen LogP contribution in [0.5, 0.6) is 5.75 Å². The Hall–Kier alpha value is -3.14. The zero-order valence-corrected chi connectivity index (χ0v) is 15.9. The third-order valence-electron chi connectivity index (χ3n) is 5.17. The molecule has 0 unspecified atom stereocenters. The molecule has 0 radical (unpaired) electrons. The fourth-order valence-corrected chi connectivity index (χ4v) is 3.99. The van der Waals surface area contributed by atoms with Crippen molar-refractivity contribution in [3.05, 3.63) is 71.3 Å². The van der Waals surface area contributed by atoms with Crippen LogP contribution in [-0.2, 0) is 4.79 Å². The SMILES string of the molecule is COc1cc2c3c(c1)/C(=C\C(=O)c1ccccc1)C(=O)N3C(C)(C)C=C2C. The van der Waals surface area contributed by atoms with E-state index in [0.29, 0.717) is 16.9 Å². The van der Waals surface area contributed by atoms with E-state index in [1.807, 2.05) is 51.1 Å². The van der Waals surface area contributed by atoms with Gasteiger partial charge in [0.25, 0.3) is 5.91 Å². The van der Waals surface area contributed by atoms with Gasteiger partial charge in [-0.25, -0.2) is 0 Å². The average molecular weight is 359 g/mol. The molecule has 0 fully saturated rings. The number of hydrogen-bond donors (Lipinski definition) is 0. The molecule has 4 heteroatoms. The van der Waals surface area contributed by atoms with Gasteiger partial charge in [0.05, 0.1) is 23.9 Å². The van der Waals surface area contributed by atoms with Crippen molar-refractivity contribution in [2.24, 2.45) is 0 Å². The molecule has 4 nitrogen and oxygen atoms in total. The smallest absolute Gasteiger partial charge is 0.259 e. The zero-order valence-electron chi connectivity index (χ0n) is 15.9. The van der Waals surface area contributed by atoms with Gasteiger partial charge in [-0.05, 0) is 44.6 Å². The molecular weight excluding hydrogens is 338 g/mol. The molecule has 0 saturated heterocycles. The van der Waals surface area contributed by atoms with Gasteiger partial charge < -0.3 is 4.74 Å². The van der Waals surface area contributed by atoms with Crippen molar-refractivity contribution < 1.29 is 14.3 Å². The van der Waals surface area contributed by atoms with Crippen molar-refractivity contribution in [1.29, 1.82) is 0 Å². The van der Waals surface area contributed by atoms with Gasteiger partial charge in [0.2, 0.25) is 0 Å². The summed E-state index contributed by atoms with van der Waals surface area (Å²) in [5, 5.41) is 0. The van der Waals surface area contributed by atoms with Crippen LogP contribution in [0.15, 0.2) is 54.6 Å². The molecule has 0 saturated carbocycles. The number of benzene rings is 2. The van der Waals surface area contributed by atoms with Gasteiger partial charge in [-0.15, -0.1) is 0 Å². The summed E-state index contributed by atoms with van der Waals surface area (Å²) in [6, 6.07) is 12.8. The predicted molar refractivity (Wildman–Crippen MR) is 107 cm³/mol. The van der Waals surface area contributed by atoms with Crippen LogP contribution in [-0.4, -0.2) is 24.3 Å². The molecule has 2 aliphatic rings. The number of methoxy groups -OCH3 is 1. The predicted octanol–water partition coefficient (Wildman–Crippen LogP) is 4.50. The number of nitrogens with zero attached hydrogens (tertiary/aromatic N) is 1. The number of ketones is 1. The molecule has 1 amide bonds. The van der Waals surface area contributed by atoms with Crippen LogP contribution < -0.4 is 9.64 Å². The van der Waals surface area contributed by atoms with E-state index in [1.54, 1.807) is 24.1 Å². The lowest BCUT2D eigenvalue weighted by molar-refractivity contribution is -0.113. The van der Waals surface area contributed by atoms with Gasteiger partial charge in [0.15, 0.2) is 5.78 Å². The Morgan fingerprint density at radius 2 is 1.78 bits per heavy atom. The van der Waals surface area contributed by atoms with Crippen LogP contribution in [0, 0.1) is 0 Å². The Labute approximate surface area is 158 Å². The van der Waals surface area contributed by atoms with E-state index >= 15 is 0 Å². The van der Waals surface area contributed by atoms with Crippen molar-refractivity contribution in [3.8, 4) is 5.75 Å². The summed E-state index contributed by atoms with van der Waals surface area (Å²) in [5.41, 5.74) is 4.17. The monoisotopic (exact) mass is 359 g/mol. The van der Waals surface area contributed by atoms with E-state index in [4.69, 9.17) is 4.74 Å². The molecule has 0 bridgehead atoms. The Morgan fingerprint density at radius 3 is 2.44 bits per heavy atom. The molecule has 27 heavy (non-hydrogen) atoms. The minimum absolute atomic E-state index is 0.155. The quantitative estimate of drug-likeness (QED) is 0.599. The summed E-state index contributed by atoms with van der Waals surface area (Å²) >= 11 is 0. The number of carbonyl (C=O) groups is 2. The van der Waals surface area contributed by atoms with Gasteiger partial charge in [-0.3, -0.25) is 14.5 Å². The second kappa shape index (κ2) is 5.95. The second-order valence-electron chi connectivity index (χ2n) is 7.48. The number of ether oxygens (including phenoxy) is 1. The Morgan fingerprint density at radius 1 is 1.11 bits per heavy atom. The largest absolute Gasteiger partial charge is 0.497 e. The van der Waals surface area contributed by atoms with Crippen LogP contribution in [0.25, 0.3) is 11.1 Å². The lowest BCUT2D eigenvalue weighted by Gasteiger charge is -2.38. The van der Waals surface area contributed by atoms with Crippen molar-refractivity contribution in [1.82, 2.24) is 0 Å². The summed E-state index contributed by atoms with van der Waals surface area (Å²) < 4.78 is 5.45. The highest BCUT2D eigenvalue weighted by molar-refractivity contribution is 6.37. The lowest BCUT2D eigenvalue weighted by atomic mass is 9.89. The number of rotatable bonds is 3. The Bertz CT molecular complexity index is 1030. The minimum atomic E-state index is -0.469. The highest BCUT2D eigenvalue weighted by Crippen LogP contribution is 2.50. The number of amides is 1. The van der Waals surface area contributed by atoms with E-state index in [2.05, 4.69) is 6.08 Å². The summed E-state index contributed by atoms with van der Waals surface area (Å²) in [6.07, 6.45) is 3.54. The van der Waals surface area contributed by atoms with Crippen LogP contribution in [0.2, 0.25) is 0 Å². The summed E-state index contributed by atoms with van der Waals surface area (Å²) in [7, 11) is 1.60. The fraction of sp³-hybridized carbons (Fsp3) is 0.217. The molecule has 2 aromatic rings. The molecule has 0 atom stereocenters. The maximum atomic E-state index is 13.3. The van der Waals surface area contributed by atoms with Gasteiger partial charge in [0.1, 0.15) is 5.75 Å². The fourth-order valence-electron chi connectivity index (χ4n) is 3.99.